The predicted molar refractivity (Wildman–Crippen MR) is 64.8 cm³/mol. The van der Waals surface area contributed by atoms with Crippen molar-refractivity contribution < 1.29 is 14.7 Å². The van der Waals surface area contributed by atoms with E-state index in [4.69, 9.17) is 5.11 Å². The topological polar surface area (TPSA) is 96.3 Å². The number of hydrogen-bond acceptors (Lipinski definition) is 3. The van der Waals surface area contributed by atoms with E-state index in [1.807, 2.05) is 0 Å². The first-order valence-electron chi connectivity index (χ1n) is 5.66. The Hall–Kier alpha value is -2.05. The van der Waals surface area contributed by atoms with E-state index in [1.165, 1.54) is 0 Å². The smallest absolute Gasteiger partial charge is 0.326 e. The Balaban J connectivity index is 2.43. The predicted octanol–water partition coefficient (Wildman–Crippen LogP) is 0.328. The largest absolute Gasteiger partial charge is 0.480 e. The average molecular weight is 254 g/mol. The van der Waals surface area contributed by atoms with Crippen LogP contribution >= 0.6 is 0 Å². The van der Waals surface area contributed by atoms with Crippen LogP contribution in [0.25, 0.3) is 0 Å². The molecule has 0 fully saturated rings. The van der Waals surface area contributed by atoms with Crippen molar-refractivity contribution in [2.45, 2.75) is 26.4 Å². The molecule has 1 heterocycles. The molecule has 0 aliphatic heterocycles. The van der Waals surface area contributed by atoms with Gasteiger partial charge in [0, 0.05) is 13.2 Å². The molecule has 1 atom stereocenters. The second kappa shape index (κ2) is 6.04. The van der Waals surface area contributed by atoms with Gasteiger partial charge >= 0.3 is 12.0 Å². The van der Waals surface area contributed by atoms with E-state index in [0.717, 1.165) is 0 Å². The molecule has 1 aromatic rings. The third-order valence-corrected chi connectivity index (χ3v) is 2.42. The number of carboxylic acid groups (broad SMARTS) is 1. The van der Waals surface area contributed by atoms with Crippen molar-refractivity contribution in [2.24, 2.45) is 13.0 Å². The Morgan fingerprint density at radius 3 is 2.61 bits per heavy atom. The minimum atomic E-state index is -1.04. The lowest BCUT2D eigenvalue weighted by atomic mass is 10.1. The van der Waals surface area contributed by atoms with Crippen LogP contribution in [0.15, 0.2) is 12.3 Å². The van der Waals surface area contributed by atoms with Gasteiger partial charge < -0.3 is 15.7 Å². The third-order valence-electron chi connectivity index (χ3n) is 2.42. The summed E-state index contributed by atoms with van der Waals surface area (Å²) in [6, 6.07) is 0.368. The van der Waals surface area contributed by atoms with Gasteiger partial charge in [0.1, 0.15) is 6.04 Å². The molecule has 2 amide bonds. The maximum atomic E-state index is 11.5. The first-order valence-corrected chi connectivity index (χ1v) is 5.66. The molecule has 7 heteroatoms. The van der Waals surface area contributed by atoms with E-state index < -0.39 is 18.0 Å². The van der Waals surface area contributed by atoms with E-state index in [9.17, 15) is 9.59 Å². The molecule has 100 valence electrons. The van der Waals surface area contributed by atoms with Gasteiger partial charge in [0.25, 0.3) is 0 Å². The minimum Gasteiger partial charge on any atom is -0.480 e. The summed E-state index contributed by atoms with van der Waals surface area (Å²) < 4.78 is 1.63. The van der Waals surface area contributed by atoms with Gasteiger partial charge in [-0.2, -0.15) is 5.10 Å². The van der Waals surface area contributed by atoms with Crippen LogP contribution < -0.4 is 10.6 Å². The van der Waals surface area contributed by atoms with E-state index >= 15 is 0 Å². The molecule has 0 radical (unpaired) electrons. The molecule has 0 saturated heterocycles. The second-order valence-corrected chi connectivity index (χ2v) is 4.37. The highest BCUT2D eigenvalue weighted by Gasteiger charge is 2.23. The van der Waals surface area contributed by atoms with Crippen molar-refractivity contribution in [3.05, 3.63) is 18.0 Å². The number of urea groups is 1. The maximum absolute atomic E-state index is 11.5. The van der Waals surface area contributed by atoms with Crippen molar-refractivity contribution >= 4 is 12.0 Å². The summed E-state index contributed by atoms with van der Waals surface area (Å²) >= 11 is 0. The number of aromatic nitrogens is 2. The van der Waals surface area contributed by atoms with E-state index in [-0.39, 0.29) is 12.5 Å². The highest BCUT2D eigenvalue weighted by molar-refractivity contribution is 5.82. The highest BCUT2D eigenvalue weighted by atomic mass is 16.4. The van der Waals surface area contributed by atoms with Gasteiger partial charge in [0.05, 0.1) is 12.2 Å². The van der Waals surface area contributed by atoms with E-state index in [1.54, 1.807) is 37.8 Å². The summed E-state index contributed by atoms with van der Waals surface area (Å²) in [4.78, 5) is 22.4. The molecular formula is C11H18N4O3. The summed E-state index contributed by atoms with van der Waals surface area (Å²) in [6.07, 6.45) is 1.77. The molecule has 3 N–H and O–H groups in total. The molecule has 0 unspecified atom stereocenters. The number of amides is 2. The molecular weight excluding hydrogens is 236 g/mol. The first kappa shape index (κ1) is 14.0. The summed E-state index contributed by atoms with van der Waals surface area (Å²) in [7, 11) is 1.78. The number of aryl methyl sites for hydroxylation is 1. The SMILES string of the molecule is CC(C)[C@H](NC(=O)NCc1ccn(C)n1)C(=O)O. The van der Waals surface area contributed by atoms with Crippen LogP contribution in [0.2, 0.25) is 0 Å². The number of rotatable bonds is 5. The van der Waals surface area contributed by atoms with Gasteiger partial charge in [0.2, 0.25) is 0 Å². The Morgan fingerprint density at radius 2 is 2.17 bits per heavy atom. The Morgan fingerprint density at radius 1 is 1.50 bits per heavy atom. The van der Waals surface area contributed by atoms with E-state index in [0.29, 0.717) is 5.69 Å². The molecule has 18 heavy (non-hydrogen) atoms. The zero-order chi connectivity index (χ0) is 13.7. The van der Waals surface area contributed by atoms with Gasteiger partial charge in [-0.15, -0.1) is 0 Å². The standard InChI is InChI=1S/C11H18N4O3/c1-7(2)9(10(16)17)13-11(18)12-6-8-4-5-15(3)14-8/h4-5,7,9H,6H2,1-3H3,(H,16,17)(H2,12,13,18)/t9-/m0/s1. The van der Waals surface area contributed by atoms with Crippen LogP contribution in [0, 0.1) is 5.92 Å². The van der Waals surface area contributed by atoms with Gasteiger partial charge in [-0.1, -0.05) is 13.8 Å². The molecule has 1 aromatic heterocycles. The molecule has 0 aromatic carbocycles. The lowest BCUT2D eigenvalue weighted by molar-refractivity contribution is -0.140. The molecule has 7 nitrogen and oxygen atoms in total. The summed E-state index contributed by atoms with van der Waals surface area (Å²) in [5.74, 6) is -1.22. The van der Waals surface area contributed by atoms with Crippen molar-refractivity contribution in [1.29, 1.82) is 0 Å². The number of carboxylic acids is 1. The molecule has 0 aliphatic rings. The molecule has 0 spiro atoms. The minimum absolute atomic E-state index is 0.178. The van der Waals surface area contributed by atoms with Gasteiger partial charge in [-0.05, 0) is 12.0 Å². The second-order valence-electron chi connectivity index (χ2n) is 4.37. The molecule has 0 saturated carbocycles. The van der Waals surface area contributed by atoms with Crippen molar-refractivity contribution in [1.82, 2.24) is 20.4 Å². The summed E-state index contributed by atoms with van der Waals surface area (Å²) in [6.45, 7) is 3.73. The van der Waals surface area contributed by atoms with Crippen LogP contribution in [0.1, 0.15) is 19.5 Å². The number of aliphatic carboxylic acids is 1. The van der Waals surface area contributed by atoms with Crippen LogP contribution in [0.5, 0.6) is 0 Å². The number of hydrogen-bond donors (Lipinski definition) is 3. The van der Waals surface area contributed by atoms with Gasteiger partial charge in [-0.25, -0.2) is 9.59 Å². The molecule has 1 rings (SSSR count). The van der Waals surface area contributed by atoms with Crippen LogP contribution in [-0.2, 0) is 18.4 Å². The number of carbonyl (C=O) groups is 2. The monoisotopic (exact) mass is 254 g/mol. The fourth-order valence-electron chi connectivity index (χ4n) is 1.43. The van der Waals surface area contributed by atoms with Gasteiger partial charge in [0.15, 0.2) is 0 Å². The Bertz CT molecular complexity index is 428. The van der Waals surface area contributed by atoms with Crippen molar-refractivity contribution in [3.8, 4) is 0 Å². The lowest BCUT2D eigenvalue weighted by Crippen LogP contribution is -2.48. The number of nitrogens with one attached hydrogen (secondary N) is 2. The summed E-state index contributed by atoms with van der Waals surface area (Å²) in [5.41, 5.74) is 0.712. The molecule has 0 aliphatic carbocycles. The third kappa shape index (κ3) is 4.08. The number of carbonyl (C=O) groups excluding carboxylic acids is 1. The zero-order valence-corrected chi connectivity index (χ0v) is 10.7. The van der Waals surface area contributed by atoms with Gasteiger partial charge in [-0.3, -0.25) is 4.68 Å². The van der Waals surface area contributed by atoms with Crippen molar-refractivity contribution in [3.63, 3.8) is 0 Å². The normalized spacial score (nSPS) is 12.2. The van der Waals surface area contributed by atoms with Crippen LogP contribution in [-0.4, -0.2) is 32.9 Å². The quantitative estimate of drug-likeness (QED) is 0.705. The first-order chi connectivity index (χ1) is 8.40. The lowest BCUT2D eigenvalue weighted by Gasteiger charge is -2.17. The fourth-order valence-corrected chi connectivity index (χ4v) is 1.43. The maximum Gasteiger partial charge on any atom is 0.326 e. The highest BCUT2D eigenvalue weighted by Crippen LogP contribution is 2.01. The fraction of sp³-hybridized carbons (Fsp3) is 0.545. The van der Waals surface area contributed by atoms with Crippen LogP contribution in [0.3, 0.4) is 0 Å². The Labute approximate surface area is 105 Å². The van der Waals surface area contributed by atoms with Crippen molar-refractivity contribution in [2.75, 3.05) is 0 Å². The zero-order valence-electron chi connectivity index (χ0n) is 10.7. The van der Waals surface area contributed by atoms with Crippen LogP contribution in [0.4, 0.5) is 4.79 Å². The molecule has 0 bridgehead atoms. The Kier molecular flexibility index (Phi) is 4.70. The van der Waals surface area contributed by atoms with E-state index in [2.05, 4.69) is 15.7 Å². The number of nitrogens with zero attached hydrogens (tertiary/aromatic N) is 2. The average Bonchev–Trinajstić information content (AvgIpc) is 2.68. The summed E-state index contributed by atoms with van der Waals surface area (Å²) in [5, 5.41) is 18.0.